The summed E-state index contributed by atoms with van der Waals surface area (Å²) in [6.45, 7) is 0.449. The number of halogens is 1. The van der Waals surface area contributed by atoms with Gasteiger partial charge in [-0.05, 0) is 18.2 Å². The maximum atomic E-state index is 13.0. The molecule has 5 nitrogen and oxygen atoms in total. The van der Waals surface area contributed by atoms with Crippen LogP contribution in [0.5, 0.6) is 0 Å². The molecule has 3 N–H and O–H groups in total. The molecule has 0 aliphatic carbocycles. The van der Waals surface area contributed by atoms with Crippen LogP contribution in [0.1, 0.15) is 5.82 Å². The van der Waals surface area contributed by atoms with E-state index >= 15 is 0 Å². The number of aromatic nitrogens is 3. The SMILES string of the molecule is Cn1cnnc1CNc1cc(F)ccc1N. The fourth-order valence-corrected chi connectivity index (χ4v) is 1.32. The zero-order chi connectivity index (χ0) is 11.5. The Kier molecular flexibility index (Phi) is 2.72. The fraction of sp³-hybridized carbons (Fsp3) is 0.200. The summed E-state index contributed by atoms with van der Waals surface area (Å²) in [5.41, 5.74) is 6.76. The van der Waals surface area contributed by atoms with Crippen LogP contribution in [0, 0.1) is 5.82 Å². The molecule has 0 atom stereocenters. The van der Waals surface area contributed by atoms with Crippen LogP contribution in [0.2, 0.25) is 0 Å². The van der Waals surface area contributed by atoms with E-state index in [2.05, 4.69) is 15.5 Å². The molecule has 0 saturated heterocycles. The Bertz CT molecular complexity index is 494. The van der Waals surface area contributed by atoms with Crippen molar-refractivity contribution < 1.29 is 4.39 Å². The number of hydrogen-bond acceptors (Lipinski definition) is 4. The molecule has 0 unspecified atom stereocenters. The predicted molar refractivity (Wildman–Crippen MR) is 59.1 cm³/mol. The molecule has 84 valence electrons. The molecule has 1 aromatic carbocycles. The normalized spacial score (nSPS) is 10.4. The van der Waals surface area contributed by atoms with Crippen molar-refractivity contribution in [3.8, 4) is 0 Å². The monoisotopic (exact) mass is 221 g/mol. The first-order chi connectivity index (χ1) is 7.66. The van der Waals surface area contributed by atoms with Crippen LogP contribution < -0.4 is 11.1 Å². The number of anilines is 2. The molecule has 1 heterocycles. The number of hydrogen-bond donors (Lipinski definition) is 2. The summed E-state index contributed by atoms with van der Waals surface area (Å²) in [6.07, 6.45) is 1.60. The van der Waals surface area contributed by atoms with Crippen LogP contribution >= 0.6 is 0 Å². The largest absolute Gasteiger partial charge is 0.397 e. The van der Waals surface area contributed by atoms with Gasteiger partial charge in [-0.1, -0.05) is 0 Å². The van der Waals surface area contributed by atoms with Gasteiger partial charge >= 0.3 is 0 Å². The molecule has 0 aliphatic rings. The summed E-state index contributed by atoms with van der Waals surface area (Å²) in [5, 5.41) is 10.6. The Morgan fingerprint density at radius 1 is 1.50 bits per heavy atom. The van der Waals surface area contributed by atoms with Gasteiger partial charge in [0.1, 0.15) is 12.1 Å². The summed E-state index contributed by atoms with van der Waals surface area (Å²) in [5.74, 6) is 0.429. The second-order valence-corrected chi connectivity index (χ2v) is 3.44. The summed E-state index contributed by atoms with van der Waals surface area (Å²) in [7, 11) is 1.84. The number of nitrogens with one attached hydrogen (secondary N) is 1. The number of nitrogen functional groups attached to an aromatic ring is 1. The van der Waals surface area contributed by atoms with Crippen molar-refractivity contribution in [3.63, 3.8) is 0 Å². The van der Waals surface area contributed by atoms with Gasteiger partial charge in [0, 0.05) is 7.05 Å². The standard InChI is InChI=1S/C10H12FN5/c1-16-6-14-15-10(16)5-13-9-4-7(11)2-3-8(9)12/h2-4,6,13H,5,12H2,1H3. The van der Waals surface area contributed by atoms with Crippen molar-refractivity contribution >= 4 is 11.4 Å². The summed E-state index contributed by atoms with van der Waals surface area (Å²) in [6, 6.07) is 4.20. The lowest BCUT2D eigenvalue weighted by molar-refractivity contribution is 0.628. The zero-order valence-corrected chi connectivity index (χ0v) is 8.81. The molecule has 16 heavy (non-hydrogen) atoms. The van der Waals surface area contributed by atoms with Crippen LogP contribution in [0.4, 0.5) is 15.8 Å². The third kappa shape index (κ3) is 2.10. The van der Waals surface area contributed by atoms with Crippen molar-refractivity contribution in [2.75, 3.05) is 11.1 Å². The van der Waals surface area contributed by atoms with Crippen molar-refractivity contribution in [2.24, 2.45) is 7.05 Å². The highest BCUT2D eigenvalue weighted by Crippen LogP contribution is 2.19. The van der Waals surface area contributed by atoms with E-state index in [4.69, 9.17) is 5.73 Å². The van der Waals surface area contributed by atoms with Gasteiger partial charge in [-0.25, -0.2) is 4.39 Å². The topological polar surface area (TPSA) is 68.8 Å². The van der Waals surface area contributed by atoms with Crippen molar-refractivity contribution in [1.82, 2.24) is 14.8 Å². The molecule has 0 saturated carbocycles. The fourth-order valence-electron chi connectivity index (χ4n) is 1.32. The average Bonchev–Trinajstić information content (AvgIpc) is 2.66. The summed E-state index contributed by atoms with van der Waals surface area (Å²) in [4.78, 5) is 0. The van der Waals surface area contributed by atoms with E-state index < -0.39 is 0 Å². The van der Waals surface area contributed by atoms with E-state index in [1.807, 2.05) is 7.05 Å². The number of benzene rings is 1. The molecule has 6 heteroatoms. The summed E-state index contributed by atoms with van der Waals surface area (Å²) >= 11 is 0. The Balaban J connectivity index is 2.10. The minimum absolute atomic E-state index is 0.324. The second-order valence-electron chi connectivity index (χ2n) is 3.44. The third-order valence-corrected chi connectivity index (χ3v) is 2.26. The lowest BCUT2D eigenvalue weighted by atomic mass is 10.2. The molecule has 2 rings (SSSR count). The van der Waals surface area contributed by atoms with Gasteiger partial charge in [-0.3, -0.25) is 0 Å². The van der Waals surface area contributed by atoms with E-state index in [9.17, 15) is 4.39 Å². The van der Waals surface area contributed by atoms with Gasteiger partial charge in [0.05, 0.1) is 17.9 Å². The highest BCUT2D eigenvalue weighted by molar-refractivity contribution is 5.65. The van der Waals surface area contributed by atoms with Crippen molar-refractivity contribution in [2.45, 2.75) is 6.54 Å². The first-order valence-corrected chi connectivity index (χ1v) is 4.78. The molecule has 0 fully saturated rings. The van der Waals surface area contributed by atoms with Crippen LogP contribution in [0.25, 0.3) is 0 Å². The minimum Gasteiger partial charge on any atom is -0.397 e. The van der Waals surface area contributed by atoms with Gasteiger partial charge in [-0.2, -0.15) is 0 Å². The van der Waals surface area contributed by atoms with E-state index in [0.29, 0.717) is 17.9 Å². The molecule has 0 radical (unpaired) electrons. The minimum atomic E-state index is -0.324. The van der Waals surface area contributed by atoms with Gasteiger partial charge in [0.2, 0.25) is 0 Å². The molecule has 0 spiro atoms. The molecule has 1 aromatic heterocycles. The Labute approximate surface area is 92.1 Å². The Morgan fingerprint density at radius 2 is 2.31 bits per heavy atom. The average molecular weight is 221 g/mol. The van der Waals surface area contributed by atoms with Crippen LogP contribution in [0.15, 0.2) is 24.5 Å². The molecule has 0 aliphatic heterocycles. The highest BCUT2D eigenvalue weighted by atomic mass is 19.1. The van der Waals surface area contributed by atoms with Gasteiger partial charge in [0.25, 0.3) is 0 Å². The molecule has 2 aromatic rings. The van der Waals surface area contributed by atoms with Crippen molar-refractivity contribution in [1.29, 1.82) is 0 Å². The lowest BCUT2D eigenvalue weighted by Crippen LogP contribution is -2.07. The highest BCUT2D eigenvalue weighted by Gasteiger charge is 2.03. The Hall–Kier alpha value is -2.11. The number of aryl methyl sites for hydroxylation is 1. The Morgan fingerprint density at radius 3 is 3.00 bits per heavy atom. The maximum absolute atomic E-state index is 13.0. The van der Waals surface area contributed by atoms with E-state index in [1.54, 1.807) is 10.9 Å². The smallest absolute Gasteiger partial charge is 0.151 e. The third-order valence-electron chi connectivity index (χ3n) is 2.26. The van der Waals surface area contributed by atoms with E-state index in [1.165, 1.54) is 18.2 Å². The number of rotatable bonds is 3. The zero-order valence-electron chi connectivity index (χ0n) is 8.81. The predicted octanol–water partition coefficient (Wildman–Crippen LogP) is 1.15. The first kappa shape index (κ1) is 10.4. The second kappa shape index (κ2) is 4.18. The quantitative estimate of drug-likeness (QED) is 0.763. The first-order valence-electron chi connectivity index (χ1n) is 4.78. The van der Waals surface area contributed by atoms with Crippen LogP contribution in [-0.4, -0.2) is 14.8 Å². The van der Waals surface area contributed by atoms with Gasteiger partial charge in [0.15, 0.2) is 5.82 Å². The molecule has 0 bridgehead atoms. The molecular weight excluding hydrogens is 209 g/mol. The molecular formula is C10H12FN5. The van der Waals surface area contributed by atoms with Crippen molar-refractivity contribution in [3.05, 3.63) is 36.2 Å². The van der Waals surface area contributed by atoms with Gasteiger partial charge < -0.3 is 15.6 Å². The number of nitrogens with two attached hydrogens (primary N) is 1. The van der Waals surface area contributed by atoms with Crippen LogP contribution in [0.3, 0.4) is 0 Å². The van der Waals surface area contributed by atoms with E-state index in [0.717, 1.165) is 5.82 Å². The maximum Gasteiger partial charge on any atom is 0.151 e. The molecule has 0 amide bonds. The number of nitrogens with zero attached hydrogens (tertiary/aromatic N) is 3. The van der Waals surface area contributed by atoms with Gasteiger partial charge in [-0.15, -0.1) is 10.2 Å². The van der Waals surface area contributed by atoms with E-state index in [-0.39, 0.29) is 5.82 Å². The lowest BCUT2D eigenvalue weighted by Gasteiger charge is -2.08. The van der Waals surface area contributed by atoms with Crippen LogP contribution in [-0.2, 0) is 13.6 Å². The summed E-state index contributed by atoms with van der Waals surface area (Å²) < 4.78 is 14.7.